The Morgan fingerprint density at radius 2 is 2.09 bits per heavy atom. The van der Waals surface area contributed by atoms with Gasteiger partial charge < -0.3 is 10.4 Å². The molecule has 5 heteroatoms. The number of carbonyl (C=O) groups excluding carboxylic acids is 1. The number of amides is 1. The maximum Gasteiger partial charge on any atom is 0.326 e. The summed E-state index contributed by atoms with van der Waals surface area (Å²) in [6.45, 7) is 1.93. The zero-order valence-electron chi connectivity index (χ0n) is 13.2. The molecule has 0 aromatic heterocycles. The maximum atomic E-state index is 13.1. The largest absolute Gasteiger partial charge is 0.389 e. The fraction of sp³-hybridized carbons (Fsp3) is 0.500. The van der Waals surface area contributed by atoms with Crippen molar-refractivity contribution in [3.05, 3.63) is 48.0 Å². The van der Waals surface area contributed by atoms with Crippen LogP contribution in [0.2, 0.25) is 0 Å². The molecule has 1 aliphatic heterocycles. The number of aryl methyl sites for hydroxylation is 1. The van der Waals surface area contributed by atoms with Crippen LogP contribution in [0.4, 0.5) is 8.78 Å². The molecule has 0 saturated carbocycles. The van der Waals surface area contributed by atoms with Crippen molar-refractivity contribution in [1.82, 2.24) is 5.32 Å². The van der Waals surface area contributed by atoms with Gasteiger partial charge >= 0.3 is 5.92 Å². The van der Waals surface area contributed by atoms with Gasteiger partial charge in [0.25, 0.3) is 5.91 Å². The maximum absolute atomic E-state index is 13.1. The number of nitrogens with one attached hydrogen (secondary N) is 1. The first-order chi connectivity index (χ1) is 10.9. The number of aliphatic hydroxyl groups is 1. The first-order valence-corrected chi connectivity index (χ1v) is 7.97. The Balaban J connectivity index is 1.73. The number of hydrogen-bond acceptors (Lipinski definition) is 2. The Morgan fingerprint density at radius 1 is 1.39 bits per heavy atom. The van der Waals surface area contributed by atoms with Crippen LogP contribution in [0.15, 0.2) is 42.5 Å². The SMILES string of the molecule is C[C@@H](CCCc1ccccc1)[C@H](O)/C=C/[C@H]1CC(F)(F)C(=O)N1. The van der Waals surface area contributed by atoms with E-state index in [0.717, 1.165) is 19.3 Å². The van der Waals surface area contributed by atoms with E-state index in [-0.39, 0.29) is 5.92 Å². The lowest BCUT2D eigenvalue weighted by Gasteiger charge is -2.16. The molecule has 0 aliphatic carbocycles. The number of halogens is 2. The minimum atomic E-state index is -3.30. The molecule has 0 spiro atoms. The van der Waals surface area contributed by atoms with Crippen molar-refractivity contribution in [2.45, 2.75) is 50.7 Å². The van der Waals surface area contributed by atoms with Gasteiger partial charge in [0.15, 0.2) is 0 Å². The monoisotopic (exact) mass is 323 g/mol. The topological polar surface area (TPSA) is 49.3 Å². The fourth-order valence-electron chi connectivity index (χ4n) is 2.69. The molecule has 3 nitrogen and oxygen atoms in total. The third-order valence-corrected chi connectivity index (χ3v) is 4.22. The van der Waals surface area contributed by atoms with E-state index in [9.17, 15) is 18.7 Å². The average molecular weight is 323 g/mol. The molecule has 1 aromatic rings. The van der Waals surface area contributed by atoms with Gasteiger partial charge in [-0.3, -0.25) is 4.79 Å². The summed E-state index contributed by atoms with van der Waals surface area (Å²) in [5, 5.41) is 12.3. The Kier molecular flexibility index (Phi) is 5.88. The van der Waals surface area contributed by atoms with Crippen LogP contribution in [-0.4, -0.2) is 29.1 Å². The summed E-state index contributed by atoms with van der Waals surface area (Å²) in [4.78, 5) is 11.0. The Morgan fingerprint density at radius 3 is 2.70 bits per heavy atom. The van der Waals surface area contributed by atoms with E-state index in [1.165, 1.54) is 17.7 Å². The van der Waals surface area contributed by atoms with Crippen molar-refractivity contribution in [2.75, 3.05) is 0 Å². The quantitative estimate of drug-likeness (QED) is 0.758. The van der Waals surface area contributed by atoms with E-state index in [2.05, 4.69) is 17.4 Å². The van der Waals surface area contributed by atoms with E-state index in [1.54, 1.807) is 0 Å². The molecule has 1 heterocycles. The normalized spacial score (nSPS) is 23.0. The molecule has 1 saturated heterocycles. The fourth-order valence-corrected chi connectivity index (χ4v) is 2.69. The lowest BCUT2D eigenvalue weighted by molar-refractivity contribution is -0.139. The molecule has 1 amide bonds. The molecule has 2 N–H and O–H groups in total. The second kappa shape index (κ2) is 7.68. The number of rotatable bonds is 7. The highest BCUT2D eigenvalue weighted by Crippen LogP contribution is 2.27. The van der Waals surface area contributed by atoms with Gasteiger partial charge in [0.1, 0.15) is 0 Å². The van der Waals surface area contributed by atoms with Crippen LogP contribution in [0.3, 0.4) is 0 Å². The molecular weight excluding hydrogens is 300 g/mol. The van der Waals surface area contributed by atoms with Crippen LogP contribution in [0, 0.1) is 5.92 Å². The first kappa shape index (κ1) is 17.6. The van der Waals surface area contributed by atoms with Crippen LogP contribution >= 0.6 is 0 Å². The van der Waals surface area contributed by atoms with Crippen LogP contribution in [-0.2, 0) is 11.2 Å². The lowest BCUT2D eigenvalue weighted by atomic mass is 9.95. The van der Waals surface area contributed by atoms with Crippen LogP contribution in [0.1, 0.15) is 31.7 Å². The zero-order valence-corrected chi connectivity index (χ0v) is 13.2. The molecule has 1 aromatic carbocycles. The zero-order chi connectivity index (χ0) is 16.9. The molecule has 0 bridgehead atoms. The molecular formula is C18H23F2NO2. The van der Waals surface area contributed by atoms with Crippen molar-refractivity contribution in [3.8, 4) is 0 Å². The average Bonchev–Trinajstić information content (AvgIpc) is 2.78. The van der Waals surface area contributed by atoms with Crippen molar-refractivity contribution in [1.29, 1.82) is 0 Å². The molecule has 2 rings (SSSR count). The number of alkyl halides is 2. The van der Waals surface area contributed by atoms with Gasteiger partial charge in [-0.15, -0.1) is 0 Å². The minimum absolute atomic E-state index is 0.0348. The van der Waals surface area contributed by atoms with Crippen molar-refractivity contribution < 1.29 is 18.7 Å². The van der Waals surface area contributed by atoms with Crippen LogP contribution < -0.4 is 5.32 Å². The third kappa shape index (κ3) is 5.13. The molecule has 23 heavy (non-hydrogen) atoms. The molecule has 126 valence electrons. The first-order valence-electron chi connectivity index (χ1n) is 7.97. The van der Waals surface area contributed by atoms with Gasteiger partial charge in [-0.1, -0.05) is 49.4 Å². The standard InChI is InChI=1S/C18H23F2NO2/c1-13(6-5-9-14-7-3-2-4-8-14)16(22)11-10-15-12-18(19,20)17(23)21-15/h2-4,7-8,10-11,13,15-16,22H,5-6,9,12H2,1H3,(H,21,23)/b11-10+/t13-,15-,16+/m0/s1. The number of carbonyl (C=O) groups is 1. The minimum Gasteiger partial charge on any atom is -0.389 e. The summed E-state index contributed by atoms with van der Waals surface area (Å²) in [5.41, 5.74) is 1.26. The highest BCUT2D eigenvalue weighted by molar-refractivity contribution is 5.86. The van der Waals surface area contributed by atoms with E-state index < -0.39 is 30.4 Å². The van der Waals surface area contributed by atoms with Gasteiger partial charge in [0, 0.05) is 6.42 Å². The molecule has 3 atom stereocenters. The summed E-state index contributed by atoms with van der Waals surface area (Å²) < 4.78 is 26.2. The summed E-state index contributed by atoms with van der Waals surface area (Å²) in [6, 6.07) is 9.42. The summed E-state index contributed by atoms with van der Waals surface area (Å²) in [6.07, 6.45) is 4.49. The van der Waals surface area contributed by atoms with E-state index >= 15 is 0 Å². The second-order valence-electron chi connectivity index (χ2n) is 6.22. The summed E-state index contributed by atoms with van der Waals surface area (Å²) in [5.74, 6) is -4.51. The van der Waals surface area contributed by atoms with Gasteiger partial charge in [0.2, 0.25) is 0 Å². The van der Waals surface area contributed by atoms with Crippen molar-refractivity contribution in [3.63, 3.8) is 0 Å². The molecule has 0 radical (unpaired) electrons. The Labute approximate surface area is 135 Å². The number of aliphatic hydroxyl groups excluding tert-OH is 1. The number of benzene rings is 1. The molecule has 0 unspecified atom stereocenters. The van der Waals surface area contributed by atoms with Gasteiger partial charge in [0.05, 0.1) is 12.1 Å². The smallest absolute Gasteiger partial charge is 0.326 e. The third-order valence-electron chi connectivity index (χ3n) is 4.22. The van der Waals surface area contributed by atoms with Crippen LogP contribution in [0.5, 0.6) is 0 Å². The van der Waals surface area contributed by atoms with E-state index in [0.29, 0.717) is 0 Å². The molecule has 1 fully saturated rings. The van der Waals surface area contributed by atoms with Gasteiger partial charge in [-0.05, 0) is 30.7 Å². The van der Waals surface area contributed by atoms with Gasteiger partial charge in [-0.2, -0.15) is 8.78 Å². The second-order valence-corrected chi connectivity index (χ2v) is 6.22. The predicted molar refractivity (Wildman–Crippen MR) is 85.2 cm³/mol. The lowest BCUT2D eigenvalue weighted by Crippen LogP contribution is -2.30. The van der Waals surface area contributed by atoms with E-state index in [1.807, 2.05) is 25.1 Å². The predicted octanol–water partition coefficient (Wildman–Crippen LogP) is 3.09. The Hall–Kier alpha value is -1.75. The highest BCUT2D eigenvalue weighted by atomic mass is 19.3. The Bertz CT molecular complexity index is 545. The van der Waals surface area contributed by atoms with Gasteiger partial charge in [-0.25, -0.2) is 0 Å². The van der Waals surface area contributed by atoms with Crippen molar-refractivity contribution >= 4 is 5.91 Å². The van der Waals surface area contributed by atoms with E-state index in [4.69, 9.17) is 0 Å². The molecule has 1 aliphatic rings. The highest BCUT2D eigenvalue weighted by Gasteiger charge is 2.47. The summed E-state index contributed by atoms with van der Waals surface area (Å²) >= 11 is 0. The van der Waals surface area contributed by atoms with Crippen molar-refractivity contribution in [2.24, 2.45) is 5.92 Å². The number of hydrogen-bond donors (Lipinski definition) is 2. The van der Waals surface area contributed by atoms with Crippen LogP contribution in [0.25, 0.3) is 0 Å². The summed E-state index contributed by atoms with van der Waals surface area (Å²) in [7, 11) is 0.